The van der Waals surface area contributed by atoms with Crippen molar-refractivity contribution in [2.45, 2.75) is 0 Å². The first kappa shape index (κ1) is 49.9. The van der Waals surface area contributed by atoms with E-state index >= 15 is 0 Å². The van der Waals surface area contributed by atoms with Gasteiger partial charge in [-0.15, -0.1) is 0 Å². The quantitative estimate of drug-likeness (QED) is 0.131. The summed E-state index contributed by atoms with van der Waals surface area (Å²) in [5.41, 5.74) is 30.7. The molecule has 0 bridgehead atoms. The zero-order valence-corrected chi connectivity index (χ0v) is 48.1. The number of rotatable bonds is 9. The van der Waals surface area contributed by atoms with Crippen molar-refractivity contribution in [1.82, 2.24) is 9.13 Å². The molecule has 88 heavy (non-hydrogen) atoms. The molecule has 0 saturated heterocycles. The van der Waals surface area contributed by atoms with Gasteiger partial charge in [0.05, 0.1) is 22.2 Å². The maximum absolute atomic E-state index is 2.70. The summed E-state index contributed by atoms with van der Waals surface area (Å²) in [6, 6.07) is 122. The lowest BCUT2D eigenvalue weighted by atomic mass is 9.33. The van der Waals surface area contributed by atoms with Crippen LogP contribution in [0.4, 0.5) is 17.1 Å². The van der Waals surface area contributed by atoms with Crippen molar-refractivity contribution in [2.75, 3.05) is 4.90 Å². The number of aromatic nitrogens is 2. The SMILES string of the molecule is c1ccc(-c2cccc(-c3cccc(-c4cccc(-c5ccccc5)c4)c3N3c4cc5c6ccccc6n(-c6ccccc6)c5cc4B4c5c3cc(-c3ccccc3)cc5-n3c5ccc(-c6ccccc6)cc5c5cc(-c6ccccc6)cc4c53)c2)cc1. The van der Waals surface area contributed by atoms with E-state index in [1.54, 1.807) is 0 Å². The molecule has 16 aromatic rings. The Morgan fingerprint density at radius 2 is 0.670 bits per heavy atom. The maximum atomic E-state index is 2.70. The second-order valence-electron chi connectivity index (χ2n) is 23.5. The fourth-order valence-electron chi connectivity index (χ4n) is 14.7. The average molecular weight is 1120 g/mol. The van der Waals surface area contributed by atoms with Crippen molar-refractivity contribution in [2.24, 2.45) is 0 Å². The summed E-state index contributed by atoms with van der Waals surface area (Å²) < 4.78 is 5.13. The van der Waals surface area contributed by atoms with Gasteiger partial charge in [-0.3, -0.25) is 0 Å². The zero-order valence-electron chi connectivity index (χ0n) is 48.1. The van der Waals surface area contributed by atoms with Crippen molar-refractivity contribution in [3.05, 3.63) is 328 Å². The standard InChI is InChI=1S/C84H54BN3/c1-7-24-55(25-8-1)60-34-21-36-63(46-60)68-41-23-42-69(64-37-22-35-61(47-64)56-26-9-2-10-27-56)83(68)88-79-53-72-70-40-19-20-43-76(70)86(67-38-17-6-18-39-67)78(72)54-74(79)85-75-50-65(58-30-13-4-14-31-58)49-73-71-48-62(57-28-11-3-12-29-57)44-45-77(71)87(84(73)75)80-51-66(52-81(88)82(80)85)59-32-15-5-16-33-59/h1-54H. The van der Waals surface area contributed by atoms with Gasteiger partial charge in [0.2, 0.25) is 0 Å². The van der Waals surface area contributed by atoms with Crippen LogP contribution in [-0.2, 0) is 0 Å². The van der Waals surface area contributed by atoms with Crippen molar-refractivity contribution < 1.29 is 0 Å². The van der Waals surface area contributed by atoms with Gasteiger partial charge in [0, 0.05) is 60.9 Å². The fraction of sp³-hybridized carbons (Fsp3) is 0. The Bertz CT molecular complexity index is 5320. The van der Waals surface area contributed by atoms with E-state index < -0.39 is 0 Å². The molecule has 0 amide bonds. The van der Waals surface area contributed by atoms with Crippen LogP contribution < -0.4 is 21.3 Å². The number of hydrogen-bond donors (Lipinski definition) is 0. The molecule has 0 spiro atoms. The van der Waals surface area contributed by atoms with Gasteiger partial charge in [-0.25, -0.2) is 0 Å². The lowest BCUT2D eigenvalue weighted by Gasteiger charge is -2.42. The Hall–Kier alpha value is -11.5. The molecule has 0 N–H and O–H groups in total. The molecule has 2 aliphatic heterocycles. The Morgan fingerprint density at radius 1 is 0.227 bits per heavy atom. The molecular weight excluding hydrogens is 1060 g/mol. The minimum atomic E-state index is -0.192. The summed E-state index contributed by atoms with van der Waals surface area (Å²) in [5.74, 6) is 0. The van der Waals surface area contributed by atoms with E-state index in [0.717, 1.165) is 56.1 Å². The van der Waals surface area contributed by atoms with Gasteiger partial charge >= 0.3 is 0 Å². The third-order valence-corrected chi connectivity index (χ3v) is 18.6. The van der Waals surface area contributed by atoms with Crippen molar-refractivity contribution in [3.63, 3.8) is 0 Å². The second-order valence-corrected chi connectivity index (χ2v) is 23.5. The second kappa shape index (κ2) is 20.1. The van der Waals surface area contributed by atoms with Gasteiger partial charge in [0.25, 0.3) is 6.71 Å². The Labute approximate surface area is 511 Å². The van der Waals surface area contributed by atoms with E-state index in [-0.39, 0.29) is 6.71 Å². The number of benzene rings is 14. The van der Waals surface area contributed by atoms with Gasteiger partial charge in [-0.2, -0.15) is 0 Å². The summed E-state index contributed by atoms with van der Waals surface area (Å²) in [6.45, 7) is -0.192. The van der Waals surface area contributed by atoms with Crippen LogP contribution in [0.1, 0.15) is 0 Å². The molecule has 4 heterocycles. The predicted octanol–water partition coefficient (Wildman–Crippen LogP) is 20.2. The van der Waals surface area contributed by atoms with Crippen LogP contribution in [-0.4, -0.2) is 15.8 Å². The molecule has 0 saturated carbocycles. The Kier molecular flexibility index (Phi) is 11.4. The number of anilines is 3. The topological polar surface area (TPSA) is 13.1 Å². The molecule has 2 aromatic heterocycles. The van der Waals surface area contributed by atoms with Crippen LogP contribution >= 0.6 is 0 Å². The summed E-state index contributed by atoms with van der Waals surface area (Å²) >= 11 is 0. The predicted molar refractivity (Wildman–Crippen MR) is 373 cm³/mol. The maximum Gasteiger partial charge on any atom is 0.252 e. The van der Waals surface area contributed by atoms with Crippen LogP contribution in [0, 0.1) is 0 Å². The molecule has 0 radical (unpaired) electrons. The lowest BCUT2D eigenvalue weighted by molar-refractivity contribution is 1.17. The van der Waals surface area contributed by atoms with Crippen molar-refractivity contribution in [3.8, 4) is 89.3 Å². The summed E-state index contributed by atoms with van der Waals surface area (Å²) in [5, 5.41) is 4.88. The largest absolute Gasteiger partial charge is 0.310 e. The minimum absolute atomic E-state index is 0.192. The lowest BCUT2D eigenvalue weighted by Crippen LogP contribution is -2.60. The highest BCUT2D eigenvalue weighted by Gasteiger charge is 2.44. The van der Waals surface area contributed by atoms with Crippen LogP contribution in [0.3, 0.4) is 0 Å². The van der Waals surface area contributed by atoms with E-state index in [1.165, 1.54) is 110 Å². The average Bonchev–Trinajstić information content (AvgIpc) is 1.32. The molecule has 3 nitrogen and oxygen atoms in total. The van der Waals surface area contributed by atoms with Gasteiger partial charge in [0.1, 0.15) is 0 Å². The summed E-state index contributed by atoms with van der Waals surface area (Å²) in [6.07, 6.45) is 0. The first-order chi connectivity index (χ1) is 43.7. The van der Waals surface area contributed by atoms with Gasteiger partial charge in [-0.05, 0) is 156 Å². The molecule has 4 heteroatoms. The fourth-order valence-corrected chi connectivity index (χ4v) is 14.7. The highest BCUT2D eigenvalue weighted by molar-refractivity contribution is 7.00. The van der Waals surface area contributed by atoms with Gasteiger partial charge in [-0.1, -0.05) is 255 Å². The van der Waals surface area contributed by atoms with E-state index in [4.69, 9.17) is 0 Å². The number of fused-ring (bicyclic) bond motifs is 10. The minimum Gasteiger partial charge on any atom is -0.310 e. The van der Waals surface area contributed by atoms with Crippen LogP contribution in [0.2, 0.25) is 0 Å². The Morgan fingerprint density at radius 3 is 1.26 bits per heavy atom. The molecule has 18 rings (SSSR count). The molecule has 0 unspecified atom stereocenters. The normalized spacial score (nSPS) is 12.3. The first-order valence-corrected chi connectivity index (χ1v) is 30.5. The number of para-hydroxylation sites is 3. The van der Waals surface area contributed by atoms with E-state index in [9.17, 15) is 0 Å². The monoisotopic (exact) mass is 1120 g/mol. The molecular formula is C84H54BN3. The van der Waals surface area contributed by atoms with Gasteiger partial charge < -0.3 is 14.0 Å². The molecule has 0 aliphatic carbocycles. The van der Waals surface area contributed by atoms with E-state index in [0.29, 0.717) is 0 Å². The van der Waals surface area contributed by atoms with Crippen LogP contribution in [0.25, 0.3) is 133 Å². The van der Waals surface area contributed by atoms with Crippen LogP contribution in [0.15, 0.2) is 328 Å². The van der Waals surface area contributed by atoms with Crippen molar-refractivity contribution >= 4 is 83.8 Å². The Balaban J connectivity index is 1.03. The molecule has 0 atom stereocenters. The molecule has 2 aliphatic rings. The third-order valence-electron chi connectivity index (χ3n) is 18.6. The number of nitrogens with zero attached hydrogens (tertiary/aromatic N) is 3. The summed E-state index contributed by atoms with van der Waals surface area (Å²) in [7, 11) is 0. The summed E-state index contributed by atoms with van der Waals surface area (Å²) in [4.78, 5) is 2.70. The van der Waals surface area contributed by atoms with Gasteiger partial charge in [0.15, 0.2) is 0 Å². The zero-order chi connectivity index (χ0) is 57.8. The highest BCUT2D eigenvalue weighted by Crippen LogP contribution is 2.52. The first-order valence-electron chi connectivity index (χ1n) is 30.5. The molecule has 408 valence electrons. The smallest absolute Gasteiger partial charge is 0.252 e. The van der Waals surface area contributed by atoms with E-state index in [1.807, 2.05) is 0 Å². The third kappa shape index (κ3) is 7.86. The number of hydrogen-bond acceptors (Lipinski definition) is 1. The van der Waals surface area contributed by atoms with Crippen molar-refractivity contribution in [1.29, 1.82) is 0 Å². The van der Waals surface area contributed by atoms with E-state index in [2.05, 4.69) is 342 Å². The highest BCUT2D eigenvalue weighted by atomic mass is 15.2. The van der Waals surface area contributed by atoms with Crippen LogP contribution in [0.5, 0.6) is 0 Å². The molecule has 14 aromatic carbocycles. The molecule has 0 fully saturated rings.